The number of esters is 6. The molecule has 0 radical (unpaired) electrons. The SMILES string of the molecule is CCCCCCCCC(=O)OCC(COC(=O)CCCCCCCC)CC(=O)OC[C@@H]1CCC[C@@H](COC(=O)CC(COC(=O)CCCCCCCC)COC(=O)CCCCCCCC)N1C(=O)OCC1CCCCCN1C. The van der Waals surface area contributed by atoms with Crippen molar-refractivity contribution < 1.29 is 66.7 Å². The van der Waals surface area contributed by atoms with Crippen LogP contribution in [-0.2, 0) is 61.9 Å². The molecule has 0 aliphatic carbocycles. The second-order valence-electron chi connectivity index (χ2n) is 22.5. The summed E-state index contributed by atoms with van der Waals surface area (Å²) in [6, 6.07) is -1.15. The summed E-state index contributed by atoms with van der Waals surface area (Å²) < 4.78 is 40.4. The Hall–Kier alpha value is -3.95. The molecule has 1 unspecified atom stereocenters. The maximum Gasteiger partial charge on any atom is 0.410 e. The van der Waals surface area contributed by atoms with Crippen molar-refractivity contribution in [3.05, 3.63) is 0 Å². The molecule has 16 heteroatoms. The monoisotopic (exact) mass is 1110 g/mol. The Morgan fingerprint density at radius 1 is 0.359 bits per heavy atom. The summed E-state index contributed by atoms with van der Waals surface area (Å²) in [5.74, 6) is -3.89. The average Bonchev–Trinajstić information content (AvgIpc) is 3.65. The highest BCUT2D eigenvalue weighted by Crippen LogP contribution is 2.27. The van der Waals surface area contributed by atoms with Crippen LogP contribution in [0.1, 0.15) is 265 Å². The molecule has 0 N–H and O–H groups in total. The van der Waals surface area contributed by atoms with Crippen molar-refractivity contribution >= 4 is 41.9 Å². The molecule has 452 valence electrons. The predicted molar refractivity (Wildman–Crippen MR) is 303 cm³/mol. The molecule has 0 bridgehead atoms. The van der Waals surface area contributed by atoms with Crippen LogP contribution in [0.5, 0.6) is 0 Å². The zero-order valence-electron chi connectivity index (χ0n) is 49.8. The largest absolute Gasteiger partial charge is 0.465 e. The molecule has 2 heterocycles. The fourth-order valence-corrected chi connectivity index (χ4v) is 10.2. The van der Waals surface area contributed by atoms with E-state index in [2.05, 4.69) is 32.6 Å². The number of ether oxygens (including phenoxy) is 7. The highest BCUT2D eigenvalue weighted by atomic mass is 16.6. The molecule has 2 aliphatic rings. The molecule has 0 aromatic carbocycles. The Labute approximate surface area is 471 Å². The van der Waals surface area contributed by atoms with Crippen molar-refractivity contribution in [3.63, 3.8) is 0 Å². The van der Waals surface area contributed by atoms with E-state index in [1.807, 2.05) is 7.05 Å². The van der Waals surface area contributed by atoms with E-state index < -0.39 is 42.0 Å². The van der Waals surface area contributed by atoms with Gasteiger partial charge in [0.15, 0.2) is 0 Å². The molecule has 2 fully saturated rings. The first-order chi connectivity index (χ1) is 37.9. The summed E-state index contributed by atoms with van der Waals surface area (Å²) in [6.45, 7) is 8.98. The number of hydrogen-bond donors (Lipinski definition) is 0. The first-order valence-corrected chi connectivity index (χ1v) is 31.5. The highest BCUT2D eigenvalue weighted by Gasteiger charge is 2.38. The van der Waals surface area contributed by atoms with Gasteiger partial charge < -0.3 is 38.1 Å². The second kappa shape index (κ2) is 46.8. The van der Waals surface area contributed by atoms with Crippen molar-refractivity contribution in [2.24, 2.45) is 11.8 Å². The predicted octanol–water partition coefficient (Wildman–Crippen LogP) is 13.5. The second-order valence-corrected chi connectivity index (χ2v) is 22.5. The van der Waals surface area contributed by atoms with E-state index in [0.29, 0.717) is 44.9 Å². The number of likely N-dealkylation sites (tertiary alicyclic amines) is 2. The summed E-state index contributed by atoms with van der Waals surface area (Å²) in [5.41, 5.74) is 0. The number of nitrogens with zero attached hydrogens (tertiary/aromatic N) is 2. The number of hydrogen-bond acceptors (Lipinski definition) is 15. The quantitative estimate of drug-likeness (QED) is 0.0317. The number of piperidine rings is 1. The van der Waals surface area contributed by atoms with Crippen LogP contribution < -0.4 is 0 Å². The number of carbonyl (C=O) groups is 7. The topological polar surface area (TPSA) is 191 Å². The molecule has 0 aromatic rings. The van der Waals surface area contributed by atoms with Crippen LogP contribution in [0.25, 0.3) is 0 Å². The standard InChI is InChI=1S/C62H110N2O14/c1-6-10-14-18-22-28-37-56(65)72-44-51(45-73-57(66)38-29-23-19-15-11-7-2)42-60(69)76-49-54-35-33-36-55(64(54)62(71)78-48-53-34-27-26-32-41-63(53)5)50-77-61(70)43-52(46-74-58(67)39-30-24-20-16-12-8-3)47-75-59(68)40-31-25-21-17-13-9-4/h51-55H,6-50H2,1-5H3/t53?,54-,55-/m0/s1. The lowest BCUT2D eigenvalue weighted by molar-refractivity contribution is -0.157. The van der Waals surface area contributed by atoms with Crippen LogP contribution >= 0.6 is 0 Å². The third-order valence-electron chi connectivity index (χ3n) is 15.3. The van der Waals surface area contributed by atoms with Crippen molar-refractivity contribution in [2.75, 3.05) is 59.8 Å². The molecule has 2 saturated heterocycles. The van der Waals surface area contributed by atoms with Gasteiger partial charge in [0.2, 0.25) is 0 Å². The molecule has 2 rings (SSSR count). The molecule has 78 heavy (non-hydrogen) atoms. The summed E-state index contributed by atoms with van der Waals surface area (Å²) in [5, 5.41) is 0. The maximum absolute atomic E-state index is 14.3. The summed E-state index contributed by atoms with van der Waals surface area (Å²) in [4.78, 5) is 96.5. The van der Waals surface area contributed by atoms with Crippen molar-refractivity contribution in [1.29, 1.82) is 0 Å². The van der Waals surface area contributed by atoms with Crippen molar-refractivity contribution in [1.82, 2.24) is 9.80 Å². The van der Waals surface area contributed by atoms with E-state index in [4.69, 9.17) is 33.2 Å². The van der Waals surface area contributed by atoms with Crippen LogP contribution in [0.3, 0.4) is 0 Å². The van der Waals surface area contributed by atoms with Gasteiger partial charge in [0.25, 0.3) is 0 Å². The Bertz CT molecular complexity index is 1450. The van der Waals surface area contributed by atoms with Crippen molar-refractivity contribution in [3.8, 4) is 0 Å². The van der Waals surface area contributed by atoms with E-state index in [1.165, 1.54) is 25.7 Å². The average molecular weight is 1110 g/mol. The van der Waals surface area contributed by atoms with Crippen LogP contribution in [0.4, 0.5) is 4.79 Å². The molecule has 2 aliphatic heterocycles. The van der Waals surface area contributed by atoms with Crippen LogP contribution in [0.2, 0.25) is 0 Å². The van der Waals surface area contributed by atoms with Gasteiger partial charge in [0, 0.05) is 43.6 Å². The minimum absolute atomic E-state index is 0.0437. The summed E-state index contributed by atoms with van der Waals surface area (Å²) >= 11 is 0. The lowest BCUT2D eigenvalue weighted by atomic mass is 9.96. The van der Waals surface area contributed by atoms with Gasteiger partial charge in [-0.05, 0) is 71.4 Å². The smallest absolute Gasteiger partial charge is 0.410 e. The fraction of sp³-hybridized carbons (Fsp3) is 0.887. The molecular formula is C62H110N2O14. The molecular weight excluding hydrogens is 997 g/mol. The Morgan fingerprint density at radius 2 is 0.679 bits per heavy atom. The molecule has 0 aromatic heterocycles. The lowest BCUT2D eigenvalue weighted by Crippen LogP contribution is -2.54. The van der Waals surface area contributed by atoms with Gasteiger partial charge in [0.1, 0.15) is 19.8 Å². The fourth-order valence-electron chi connectivity index (χ4n) is 10.2. The Morgan fingerprint density at radius 3 is 1.04 bits per heavy atom. The zero-order valence-corrected chi connectivity index (χ0v) is 49.8. The molecule has 3 atom stereocenters. The van der Waals surface area contributed by atoms with Gasteiger partial charge in [-0.1, -0.05) is 169 Å². The lowest BCUT2D eigenvalue weighted by Gasteiger charge is -2.41. The summed E-state index contributed by atoms with van der Waals surface area (Å²) in [7, 11) is 2.04. The highest BCUT2D eigenvalue weighted by molar-refractivity contribution is 5.73. The van der Waals surface area contributed by atoms with E-state index in [0.717, 1.165) is 135 Å². The molecule has 0 saturated carbocycles. The van der Waals surface area contributed by atoms with E-state index >= 15 is 0 Å². The van der Waals surface area contributed by atoms with Gasteiger partial charge in [0.05, 0.1) is 51.4 Å². The number of amides is 1. The molecule has 1 amide bonds. The van der Waals surface area contributed by atoms with Crippen LogP contribution in [0.15, 0.2) is 0 Å². The minimum Gasteiger partial charge on any atom is -0.465 e. The minimum atomic E-state index is -0.632. The van der Waals surface area contributed by atoms with Gasteiger partial charge in [-0.3, -0.25) is 33.7 Å². The number of carbonyl (C=O) groups excluding carboxylic acids is 7. The van der Waals surface area contributed by atoms with Gasteiger partial charge in [-0.15, -0.1) is 0 Å². The molecule has 16 nitrogen and oxygen atoms in total. The van der Waals surface area contributed by atoms with Gasteiger partial charge >= 0.3 is 41.9 Å². The van der Waals surface area contributed by atoms with E-state index in [1.54, 1.807) is 4.90 Å². The zero-order chi connectivity index (χ0) is 56.9. The maximum atomic E-state index is 14.3. The number of rotatable bonds is 46. The molecule has 0 spiro atoms. The van der Waals surface area contributed by atoms with Gasteiger partial charge in [-0.25, -0.2) is 4.79 Å². The van der Waals surface area contributed by atoms with Gasteiger partial charge in [-0.2, -0.15) is 0 Å². The van der Waals surface area contributed by atoms with E-state index in [-0.39, 0.29) is 115 Å². The van der Waals surface area contributed by atoms with Crippen LogP contribution in [0, 0.1) is 11.8 Å². The Balaban J connectivity index is 2.17. The number of unbranched alkanes of at least 4 members (excludes halogenated alkanes) is 20. The Kier molecular flexibility index (Phi) is 42.1. The van der Waals surface area contributed by atoms with Crippen LogP contribution in [-0.4, -0.2) is 130 Å². The first kappa shape index (κ1) is 70.2. The van der Waals surface area contributed by atoms with E-state index in [9.17, 15) is 33.6 Å². The summed E-state index contributed by atoms with van der Waals surface area (Å²) in [6.07, 6.45) is 30.5. The number of likely N-dealkylation sites (N-methyl/N-ethyl adjacent to an activating group) is 1. The van der Waals surface area contributed by atoms with Crippen molar-refractivity contribution in [2.45, 2.75) is 283 Å². The normalized spacial score (nSPS) is 16.9. The third kappa shape index (κ3) is 35.6. The first-order valence-electron chi connectivity index (χ1n) is 31.5. The third-order valence-corrected chi connectivity index (χ3v) is 15.3.